The van der Waals surface area contributed by atoms with Crippen LogP contribution in [-0.2, 0) is 0 Å². The van der Waals surface area contributed by atoms with Crippen LogP contribution >= 0.6 is 34.7 Å². The highest BCUT2D eigenvalue weighted by Gasteiger charge is 2.17. The smallest absolute Gasteiger partial charge is 0.398 e. The van der Waals surface area contributed by atoms with E-state index in [1.807, 2.05) is 0 Å². The van der Waals surface area contributed by atoms with Gasteiger partial charge in [0.05, 0.1) is 16.8 Å². The van der Waals surface area contributed by atoms with E-state index in [0.717, 1.165) is 0 Å². The lowest BCUT2D eigenvalue weighted by Gasteiger charge is -2.01. The number of nitrogens with zero attached hydrogens (tertiary/aromatic N) is 3. The Morgan fingerprint density at radius 2 is 2.08 bits per heavy atom. The molecule has 0 saturated heterocycles. The normalized spacial score (nSPS) is 10.7. The molecular formula is C14H8ClN3O4S2. The van der Waals surface area contributed by atoms with E-state index in [2.05, 4.69) is 10.2 Å². The fourth-order valence-electron chi connectivity index (χ4n) is 1.80. The van der Waals surface area contributed by atoms with Crippen molar-refractivity contribution in [1.29, 1.82) is 0 Å². The topological polar surface area (TPSA) is 99.1 Å². The van der Waals surface area contributed by atoms with E-state index < -0.39 is 4.92 Å². The van der Waals surface area contributed by atoms with Gasteiger partial charge in [-0.2, -0.15) is 0 Å². The van der Waals surface area contributed by atoms with Crippen molar-refractivity contribution in [1.82, 2.24) is 10.2 Å². The zero-order chi connectivity index (χ0) is 17.1. The Morgan fingerprint density at radius 1 is 1.29 bits per heavy atom. The fourth-order valence-corrected chi connectivity index (χ4v) is 3.74. The molecule has 0 aliphatic rings. The van der Waals surface area contributed by atoms with E-state index in [1.165, 1.54) is 35.2 Å². The number of nitro groups is 1. The Balaban J connectivity index is 1.67. The molecule has 0 bridgehead atoms. The molecule has 2 aromatic heterocycles. The Labute approximate surface area is 148 Å². The van der Waals surface area contributed by atoms with E-state index in [4.69, 9.17) is 16.0 Å². The number of furan rings is 1. The third-order valence-electron chi connectivity index (χ3n) is 2.89. The molecule has 1 aromatic carbocycles. The Morgan fingerprint density at radius 3 is 2.79 bits per heavy atom. The number of thioether (sulfide) groups is 1. The van der Waals surface area contributed by atoms with E-state index in [9.17, 15) is 14.9 Å². The lowest BCUT2D eigenvalue weighted by atomic mass is 10.1. The molecule has 24 heavy (non-hydrogen) atoms. The first-order valence-corrected chi connectivity index (χ1v) is 8.71. The first-order chi connectivity index (χ1) is 11.5. The summed E-state index contributed by atoms with van der Waals surface area (Å²) in [5, 5.41) is 19.3. The lowest BCUT2D eigenvalue weighted by molar-refractivity contribution is -0.401. The molecule has 122 valence electrons. The fraction of sp³-hybridized carbons (Fsp3) is 0.0714. The molecule has 0 radical (unpaired) electrons. The molecule has 0 atom stereocenters. The second-order valence-electron chi connectivity index (χ2n) is 4.46. The zero-order valence-electron chi connectivity index (χ0n) is 11.8. The summed E-state index contributed by atoms with van der Waals surface area (Å²) in [6.45, 7) is 0. The van der Waals surface area contributed by atoms with Gasteiger partial charge in [-0.25, -0.2) is 0 Å². The monoisotopic (exact) mass is 381 g/mol. The van der Waals surface area contributed by atoms with Gasteiger partial charge in [-0.1, -0.05) is 46.8 Å². The summed E-state index contributed by atoms with van der Waals surface area (Å²) in [4.78, 5) is 22.1. The van der Waals surface area contributed by atoms with Gasteiger partial charge in [-0.05, 0) is 18.2 Å². The van der Waals surface area contributed by atoms with Crippen molar-refractivity contribution in [3.8, 4) is 10.8 Å². The summed E-state index contributed by atoms with van der Waals surface area (Å²) in [6.07, 6.45) is 0. The number of hydrogen-bond acceptors (Lipinski definition) is 8. The van der Waals surface area contributed by atoms with Crippen LogP contribution in [0.1, 0.15) is 10.4 Å². The average Bonchev–Trinajstić information content (AvgIpc) is 3.22. The van der Waals surface area contributed by atoms with Crippen molar-refractivity contribution in [2.45, 2.75) is 4.34 Å². The SMILES string of the molecule is O=C(CSc1nnc(-c2ccc([N+](=O)[O-])o2)s1)c1ccccc1Cl. The molecule has 0 fully saturated rings. The van der Waals surface area contributed by atoms with Gasteiger partial charge >= 0.3 is 5.88 Å². The first kappa shape index (κ1) is 16.6. The number of rotatable bonds is 6. The largest absolute Gasteiger partial charge is 0.433 e. The van der Waals surface area contributed by atoms with Gasteiger partial charge < -0.3 is 4.42 Å². The highest BCUT2D eigenvalue weighted by Crippen LogP contribution is 2.32. The number of hydrogen-bond donors (Lipinski definition) is 0. The lowest BCUT2D eigenvalue weighted by Crippen LogP contribution is -2.02. The van der Waals surface area contributed by atoms with Crippen LogP contribution in [0.5, 0.6) is 0 Å². The summed E-state index contributed by atoms with van der Waals surface area (Å²) < 4.78 is 5.63. The third-order valence-corrected chi connectivity index (χ3v) is 5.29. The molecule has 0 spiro atoms. The molecule has 3 rings (SSSR count). The minimum atomic E-state index is -0.623. The van der Waals surface area contributed by atoms with Gasteiger partial charge in [0.25, 0.3) is 0 Å². The summed E-state index contributed by atoms with van der Waals surface area (Å²) in [5.41, 5.74) is 0.457. The number of carbonyl (C=O) groups is 1. The quantitative estimate of drug-likeness (QED) is 0.271. The molecule has 2 heterocycles. The number of halogens is 1. The highest BCUT2D eigenvalue weighted by atomic mass is 35.5. The predicted octanol–water partition coefficient (Wildman–Crippen LogP) is 4.33. The highest BCUT2D eigenvalue weighted by molar-refractivity contribution is 8.01. The first-order valence-electron chi connectivity index (χ1n) is 6.53. The number of aromatic nitrogens is 2. The van der Waals surface area contributed by atoms with Crippen LogP contribution in [0.2, 0.25) is 5.02 Å². The molecule has 0 saturated carbocycles. The van der Waals surface area contributed by atoms with Crippen molar-refractivity contribution in [3.05, 3.63) is 57.1 Å². The maximum Gasteiger partial charge on any atom is 0.433 e. The van der Waals surface area contributed by atoms with Crippen LogP contribution in [0.3, 0.4) is 0 Å². The zero-order valence-corrected chi connectivity index (χ0v) is 14.2. The Kier molecular flexibility index (Phi) is 4.93. The van der Waals surface area contributed by atoms with Gasteiger partial charge in [0.15, 0.2) is 20.9 Å². The van der Waals surface area contributed by atoms with Crippen molar-refractivity contribution in [2.24, 2.45) is 0 Å². The molecule has 0 aliphatic heterocycles. The van der Waals surface area contributed by atoms with Crippen molar-refractivity contribution in [3.63, 3.8) is 0 Å². The molecule has 0 aliphatic carbocycles. The second kappa shape index (κ2) is 7.12. The molecule has 7 nitrogen and oxygen atoms in total. The summed E-state index contributed by atoms with van der Waals surface area (Å²) in [7, 11) is 0. The number of carbonyl (C=O) groups excluding carboxylic acids is 1. The molecule has 0 unspecified atom stereocenters. The van der Waals surface area contributed by atoms with Gasteiger partial charge in [-0.15, -0.1) is 10.2 Å². The van der Waals surface area contributed by atoms with E-state index in [0.29, 0.717) is 19.9 Å². The van der Waals surface area contributed by atoms with E-state index in [-0.39, 0.29) is 23.2 Å². The van der Waals surface area contributed by atoms with Gasteiger partial charge in [0, 0.05) is 5.56 Å². The summed E-state index contributed by atoms with van der Waals surface area (Å²) >= 11 is 8.40. The minimum absolute atomic E-state index is 0.115. The van der Waals surface area contributed by atoms with Crippen LogP contribution in [0.15, 0.2) is 45.2 Å². The average molecular weight is 382 g/mol. The Bertz CT molecular complexity index is 909. The number of Topliss-reactive ketones (excluding diaryl/α,β-unsaturated/α-hetero) is 1. The third kappa shape index (κ3) is 3.64. The summed E-state index contributed by atoms with van der Waals surface area (Å²) in [5.74, 6) is -0.0424. The van der Waals surface area contributed by atoms with Gasteiger partial charge in [0.1, 0.15) is 4.92 Å². The van der Waals surface area contributed by atoms with E-state index >= 15 is 0 Å². The molecule has 0 N–H and O–H groups in total. The maximum atomic E-state index is 12.2. The standard InChI is InChI=1S/C14H8ClN3O4S2/c15-9-4-2-1-3-8(9)10(19)7-23-14-17-16-13(24-14)11-5-6-12(22-11)18(20)21/h1-6H,7H2. The number of ketones is 1. The molecule has 3 aromatic rings. The van der Waals surface area contributed by atoms with Gasteiger partial charge in [-0.3, -0.25) is 14.9 Å². The molecule has 0 amide bonds. The molecular weight excluding hydrogens is 374 g/mol. The van der Waals surface area contributed by atoms with Crippen molar-refractivity contribution in [2.75, 3.05) is 5.75 Å². The minimum Gasteiger partial charge on any atom is -0.398 e. The predicted molar refractivity (Wildman–Crippen MR) is 90.8 cm³/mol. The maximum absolute atomic E-state index is 12.2. The van der Waals surface area contributed by atoms with Crippen LogP contribution in [-0.4, -0.2) is 26.7 Å². The molecule has 10 heteroatoms. The van der Waals surface area contributed by atoms with Gasteiger partial charge in [0.2, 0.25) is 0 Å². The van der Waals surface area contributed by atoms with Crippen LogP contribution in [0.25, 0.3) is 10.8 Å². The van der Waals surface area contributed by atoms with Crippen LogP contribution in [0.4, 0.5) is 5.88 Å². The van der Waals surface area contributed by atoms with Crippen LogP contribution < -0.4 is 0 Å². The van der Waals surface area contributed by atoms with Crippen molar-refractivity contribution < 1.29 is 14.1 Å². The van der Waals surface area contributed by atoms with Crippen molar-refractivity contribution >= 4 is 46.4 Å². The number of benzene rings is 1. The van der Waals surface area contributed by atoms with E-state index in [1.54, 1.807) is 24.3 Å². The van der Waals surface area contributed by atoms with Crippen LogP contribution in [0, 0.1) is 10.1 Å². The summed E-state index contributed by atoms with van der Waals surface area (Å²) in [6, 6.07) is 9.54. The second-order valence-corrected chi connectivity index (χ2v) is 7.07. The Hall–Kier alpha value is -2.23.